The van der Waals surface area contributed by atoms with Crippen LogP contribution in [0.15, 0.2) is 24.3 Å². The van der Waals surface area contributed by atoms with E-state index in [1.165, 1.54) is 0 Å². The van der Waals surface area contributed by atoms with Crippen molar-refractivity contribution in [1.82, 2.24) is 20.6 Å². The van der Waals surface area contributed by atoms with Gasteiger partial charge in [0.15, 0.2) is 5.82 Å². The summed E-state index contributed by atoms with van der Waals surface area (Å²) >= 11 is 0. The third-order valence-electron chi connectivity index (χ3n) is 4.19. The fourth-order valence-electron chi connectivity index (χ4n) is 3.01. The molecule has 0 aliphatic rings. The van der Waals surface area contributed by atoms with Crippen molar-refractivity contribution in [2.24, 2.45) is 17.6 Å². The van der Waals surface area contributed by atoms with Crippen LogP contribution in [0.3, 0.4) is 0 Å². The minimum absolute atomic E-state index is 0.102. The minimum Gasteiger partial charge on any atom is -0.492 e. The van der Waals surface area contributed by atoms with Gasteiger partial charge in [0.1, 0.15) is 18.1 Å². The minimum atomic E-state index is -0.134. The van der Waals surface area contributed by atoms with Crippen molar-refractivity contribution < 1.29 is 9.53 Å². The maximum atomic E-state index is 12.3. The molecule has 0 amide bonds. The zero-order valence-corrected chi connectivity index (χ0v) is 15.1. The van der Waals surface area contributed by atoms with Crippen molar-refractivity contribution in [2.45, 2.75) is 39.5 Å². The molecule has 0 saturated heterocycles. The molecule has 0 unspecified atom stereocenters. The Bertz CT molecular complexity index is 640. The quantitative estimate of drug-likeness (QED) is 0.683. The standard InChI is InChI=1S/C18H27N5O2/c1-12(2)10-16(13(3)24)17(18-20-22-23-21-18)11-14-4-6-15(7-5-14)25-9-8-19/h4-7,12,16-17H,8-11,19H2,1-3H3,(H,20,21,22,23)/t16-,17+/m1/s1. The number of ether oxygens (including phenoxy) is 1. The number of H-pyrrole nitrogens is 1. The third-order valence-corrected chi connectivity index (χ3v) is 4.19. The first kappa shape index (κ1) is 19.1. The van der Waals surface area contributed by atoms with Gasteiger partial charge in [-0.2, -0.15) is 5.21 Å². The lowest BCUT2D eigenvalue weighted by atomic mass is 9.79. The number of ketones is 1. The number of hydrogen-bond donors (Lipinski definition) is 2. The largest absolute Gasteiger partial charge is 0.492 e. The molecule has 0 fully saturated rings. The van der Waals surface area contributed by atoms with Crippen LogP contribution in [0.2, 0.25) is 0 Å². The van der Waals surface area contributed by atoms with Crippen LogP contribution in [0, 0.1) is 11.8 Å². The van der Waals surface area contributed by atoms with Gasteiger partial charge in [0.2, 0.25) is 0 Å². The molecule has 0 aliphatic heterocycles. The highest BCUT2D eigenvalue weighted by atomic mass is 16.5. The van der Waals surface area contributed by atoms with Crippen LogP contribution in [0.25, 0.3) is 0 Å². The Morgan fingerprint density at radius 2 is 2.00 bits per heavy atom. The van der Waals surface area contributed by atoms with Crippen LogP contribution in [-0.4, -0.2) is 39.6 Å². The van der Waals surface area contributed by atoms with Crippen LogP contribution < -0.4 is 10.5 Å². The van der Waals surface area contributed by atoms with E-state index in [0.29, 0.717) is 31.3 Å². The van der Waals surface area contributed by atoms with E-state index in [2.05, 4.69) is 34.5 Å². The first-order valence-electron chi connectivity index (χ1n) is 8.66. The predicted molar refractivity (Wildman–Crippen MR) is 95.2 cm³/mol. The van der Waals surface area contributed by atoms with Crippen molar-refractivity contribution in [3.05, 3.63) is 35.7 Å². The van der Waals surface area contributed by atoms with Crippen molar-refractivity contribution in [1.29, 1.82) is 0 Å². The van der Waals surface area contributed by atoms with Crippen LogP contribution >= 0.6 is 0 Å². The van der Waals surface area contributed by atoms with Gasteiger partial charge in [0.25, 0.3) is 0 Å². The molecule has 1 aromatic heterocycles. The Morgan fingerprint density at radius 3 is 2.52 bits per heavy atom. The number of carbonyl (C=O) groups is 1. The van der Waals surface area contributed by atoms with Gasteiger partial charge < -0.3 is 10.5 Å². The van der Waals surface area contributed by atoms with Crippen molar-refractivity contribution >= 4 is 5.78 Å². The third kappa shape index (κ3) is 5.63. The number of hydrogen-bond acceptors (Lipinski definition) is 6. The summed E-state index contributed by atoms with van der Waals surface area (Å²) < 4.78 is 5.51. The molecule has 2 atom stereocenters. The number of nitrogens with one attached hydrogen (secondary N) is 1. The Hall–Kier alpha value is -2.28. The summed E-state index contributed by atoms with van der Waals surface area (Å²) in [6.45, 7) is 6.85. The molecule has 0 saturated carbocycles. The van der Waals surface area contributed by atoms with E-state index in [0.717, 1.165) is 17.7 Å². The second kappa shape index (κ2) is 9.27. The average molecular weight is 345 g/mol. The smallest absolute Gasteiger partial charge is 0.178 e. The molecule has 2 rings (SSSR count). The number of Topliss-reactive ketones (excluding diaryl/α,β-unsaturated/α-hetero) is 1. The van der Waals surface area contributed by atoms with Crippen LogP contribution in [0.1, 0.15) is 44.5 Å². The van der Waals surface area contributed by atoms with E-state index in [-0.39, 0.29) is 17.6 Å². The Balaban J connectivity index is 2.20. The molecule has 1 aromatic carbocycles. The van der Waals surface area contributed by atoms with Gasteiger partial charge in [-0.1, -0.05) is 31.2 Å². The monoisotopic (exact) mass is 345 g/mol. The number of nitrogens with zero attached hydrogens (tertiary/aromatic N) is 3. The molecule has 25 heavy (non-hydrogen) atoms. The SMILES string of the molecule is CC(=O)[C@@H](CC(C)C)[C@H](Cc1ccc(OCCN)cc1)c1nn[nH]n1. The fraction of sp³-hybridized carbons (Fsp3) is 0.556. The number of aromatic amines is 1. The molecule has 0 radical (unpaired) electrons. The number of tetrazole rings is 1. The number of benzene rings is 1. The molecular formula is C18H27N5O2. The normalized spacial score (nSPS) is 13.6. The molecule has 2 aromatic rings. The van der Waals surface area contributed by atoms with Gasteiger partial charge in [-0.25, -0.2) is 0 Å². The van der Waals surface area contributed by atoms with E-state index >= 15 is 0 Å². The lowest BCUT2D eigenvalue weighted by Gasteiger charge is -2.24. The van der Waals surface area contributed by atoms with Gasteiger partial charge in [0, 0.05) is 18.4 Å². The molecule has 7 nitrogen and oxygen atoms in total. The molecule has 7 heteroatoms. The summed E-state index contributed by atoms with van der Waals surface area (Å²) in [5, 5.41) is 14.5. The highest BCUT2D eigenvalue weighted by Gasteiger charge is 2.31. The Labute approximate surface area is 148 Å². The van der Waals surface area contributed by atoms with E-state index in [9.17, 15) is 4.79 Å². The second-order valence-electron chi connectivity index (χ2n) is 6.71. The molecular weight excluding hydrogens is 318 g/mol. The van der Waals surface area contributed by atoms with Crippen LogP contribution in [0.4, 0.5) is 0 Å². The second-order valence-corrected chi connectivity index (χ2v) is 6.71. The number of rotatable bonds is 10. The van der Waals surface area contributed by atoms with Crippen molar-refractivity contribution in [3.8, 4) is 5.75 Å². The number of nitrogens with two attached hydrogens (primary N) is 1. The number of carbonyl (C=O) groups excluding carboxylic acids is 1. The predicted octanol–water partition coefficient (Wildman–Crippen LogP) is 2.11. The summed E-state index contributed by atoms with van der Waals surface area (Å²) in [5.74, 6) is 1.71. The highest BCUT2D eigenvalue weighted by molar-refractivity contribution is 5.79. The van der Waals surface area contributed by atoms with Crippen LogP contribution in [0.5, 0.6) is 5.75 Å². The highest BCUT2D eigenvalue weighted by Crippen LogP contribution is 2.32. The molecule has 0 aliphatic carbocycles. The first-order chi connectivity index (χ1) is 12.0. The molecule has 1 heterocycles. The van der Waals surface area contributed by atoms with E-state index in [4.69, 9.17) is 10.5 Å². The molecule has 136 valence electrons. The summed E-state index contributed by atoms with van der Waals surface area (Å²) in [6.07, 6.45) is 1.47. The topological polar surface area (TPSA) is 107 Å². The zero-order chi connectivity index (χ0) is 18.2. The molecule has 0 spiro atoms. The van der Waals surface area contributed by atoms with Crippen LogP contribution in [-0.2, 0) is 11.2 Å². The van der Waals surface area contributed by atoms with Gasteiger partial charge in [-0.15, -0.1) is 10.2 Å². The molecule has 3 N–H and O–H groups in total. The lowest BCUT2D eigenvalue weighted by molar-refractivity contribution is -0.122. The maximum absolute atomic E-state index is 12.3. The summed E-state index contributed by atoms with van der Waals surface area (Å²) in [6, 6.07) is 7.85. The number of aromatic nitrogens is 4. The van der Waals surface area contributed by atoms with E-state index in [1.807, 2.05) is 24.3 Å². The van der Waals surface area contributed by atoms with Gasteiger partial charge >= 0.3 is 0 Å². The van der Waals surface area contributed by atoms with Crippen molar-refractivity contribution in [3.63, 3.8) is 0 Å². The van der Waals surface area contributed by atoms with Gasteiger partial charge in [-0.05, 0) is 43.4 Å². The lowest BCUT2D eigenvalue weighted by Crippen LogP contribution is -2.25. The first-order valence-corrected chi connectivity index (χ1v) is 8.66. The summed E-state index contributed by atoms with van der Waals surface area (Å²) in [5.41, 5.74) is 6.55. The van der Waals surface area contributed by atoms with E-state index in [1.54, 1.807) is 6.92 Å². The maximum Gasteiger partial charge on any atom is 0.178 e. The zero-order valence-electron chi connectivity index (χ0n) is 15.1. The fourth-order valence-corrected chi connectivity index (χ4v) is 3.01. The Kier molecular flexibility index (Phi) is 7.06. The van der Waals surface area contributed by atoms with E-state index < -0.39 is 0 Å². The van der Waals surface area contributed by atoms with Gasteiger partial charge in [0.05, 0.1) is 0 Å². The average Bonchev–Trinajstić information content (AvgIpc) is 3.11. The summed E-state index contributed by atoms with van der Waals surface area (Å²) in [4.78, 5) is 12.3. The summed E-state index contributed by atoms with van der Waals surface area (Å²) in [7, 11) is 0. The Morgan fingerprint density at radius 1 is 1.28 bits per heavy atom. The molecule has 0 bridgehead atoms. The van der Waals surface area contributed by atoms with Gasteiger partial charge in [-0.3, -0.25) is 4.79 Å². The van der Waals surface area contributed by atoms with Crippen molar-refractivity contribution in [2.75, 3.05) is 13.2 Å².